The first kappa shape index (κ1) is 10.5. The molecule has 1 amide bonds. The first-order valence-corrected chi connectivity index (χ1v) is 6.47. The van der Waals surface area contributed by atoms with Gasteiger partial charge in [-0.1, -0.05) is 0 Å². The van der Waals surface area contributed by atoms with Crippen molar-refractivity contribution in [1.82, 2.24) is 10.6 Å². The van der Waals surface area contributed by atoms with Crippen LogP contribution in [0.15, 0.2) is 0 Å². The van der Waals surface area contributed by atoms with Crippen molar-refractivity contribution < 1.29 is 9.53 Å². The van der Waals surface area contributed by atoms with Crippen LogP contribution in [0.25, 0.3) is 0 Å². The van der Waals surface area contributed by atoms with Crippen LogP contribution in [-0.2, 0) is 9.53 Å². The highest BCUT2D eigenvalue weighted by Crippen LogP contribution is 2.31. The van der Waals surface area contributed by atoms with Crippen molar-refractivity contribution in [3.8, 4) is 0 Å². The van der Waals surface area contributed by atoms with Crippen LogP contribution in [0, 0.1) is 11.8 Å². The van der Waals surface area contributed by atoms with Gasteiger partial charge in [0, 0.05) is 31.7 Å². The van der Waals surface area contributed by atoms with E-state index in [9.17, 15) is 4.79 Å². The molecule has 1 aliphatic carbocycles. The maximum absolute atomic E-state index is 12.1. The Labute approximate surface area is 96.1 Å². The highest BCUT2D eigenvalue weighted by atomic mass is 16.5. The van der Waals surface area contributed by atoms with Gasteiger partial charge >= 0.3 is 0 Å². The molecule has 0 radical (unpaired) electrons. The second-order valence-electron chi connectivity index (χ2n) is 5.26. The number of hydrogen-bond acceptors (Lipinski definition) is 3. The number of nitrogens with one attached hydrogen (secondary N) is 2. The molecule has 0 aromatic heterocycles. The zero-order valence-electron chi connectivity index (χ0n) is 9.58. The highest BCUT2D eigenvalue weighted by Gasteiger charge is 2.41. The van der Waals surface area contributed by atoms with E-state index >= 15 is 0 Å². The Hall–Kier alpha value is -0.610. The third-order valence-corrected chi connectivity index (χ3v) is 4.28. The Morgan fingerprint density at radius 2 is 2.12 bits per heavy atom. The Bertz CT molecular complexity index is 278. The van der Waals surface area contributed by atoms with Crippen molar-refractivity contribution >= 4 is 5.91 Å². The smallest absolute Gasteiger partial charge is 0.224 e. The summed E-state index contributed by atoms with van der Waals surface area (Å²) in [5.41, 5.74) is 0. The standard InChI is InChI=1S/C12H20N2O2/c15-12(14-8-2-1-3-8)10-6-13-7-11-9(10)4-5-16-11/h8-11,13H,1-7H2,(H,14,15)/t9-,10-,11+/m0/s1. The second-order valence-corrected chi connectivity index (χ2v) is 5.26. The number of rotatable bonds is 2. The summed E-state index contributed by atoms with van der Waals surface area (Å²) in [6.45, 7) is 2.56. The average molecular weight is 224 g/mol. The number of carbonyl (C=O) groups excluding carboxylic acids is 1. The summed E-state index contributed by atoms with van der Waals surface area (Å²) in [6, 6.07) is 0.454. The van der Waals surface area contributed by atoms with Gasteiger partial charge in [0.1, 0.15) is 0 Å². The molecule has 90 valence electrons. The lowest BCUT2D eigenvalue weighted by molar-refractivity contribution is -0.129. The first-order chi connectivity index (χ1) is 7.84. The summed E-state index contributed by atoms with van der Waals surface area (Å²) in [5, 5.41) is 6.47. The maximum Gasteiger partial charge on any atom is 0.224 e. The maximum atomic E-state index is 12.1. The van der Waals surface area contributed by atoms with Gasteiger partial charge in [-0.05, 0) is 25.7 Å². The van der Waals surface area contributed by atoms with Gasteiger partial charge in [0.05, 0.1) is 12.0 Å². The summed E-state index contributed by atoms with van der Waals surface area (Å²) in [4.78, 5) is 12.1. The Balaban J connectivity index is 1.61. The number of carbonyl (C=O) groups is 1. The molecular weight excluding hydrogens is 204 g/mol. The number of hydrogen-bond donors (Lipinski definition) is 2. The summed E-state index contributed by atoms with van der Waals surface area (Å²) in [5.74, 6) is 0.820. The van der Waals surface area contributed by atoms with E-state index in [1.807, 2.05) is 0 Å². The van der Waals surface area contributed by atoms with Crippen LogP contribution in [0.4, 0.5) is 0 Å². The van der Waals surface area contributed by atoms with E-state index in [1.54, 1.807) is 0 Å². The number of amides is 1. The largest absolute Gasteiger partial charge is 0.377 e. The lowest BCUT2D eigenvalue weighted by atomic mass is 9.82. The molecule has 4 nitrogen and oxygen atoms in total. The predicted molar refractivity (Wildman–Crippen MR) is 60.0 cm³/mol. The van der Waals surface area contributed by atoms with Gasteiger partial charge in [-0.15, -0.1) is 0 Å². The van der Waals surface area contributed by atoms with E-state index in [1.165, 1.54) is 6.42 Å². The summed E-state index contributed by atoms with van der Waals surface area (Å²) in [6.07, 6.45) is 4.91. The molecule has 0 bridgehead atoms. The summed E-state index contributed by atoms with van der Waals surface area (Å²) >= 11 is 0. The van der Waals surface area contributed by atoms with E-state index in [2.05, 4.69) is 10.6 Å². The van der Waals surface area contributed by atoms with Gasteiger partial charge in [0.2, 0.25) is 5.91 Å². The van der Waals surface area contributed by atoms with Gasteiger partial charge in [0.25, 0.3) is 0 Å². The molecule has 1 saturated carbocycles. The Morgan fingerprint density at radius 1 is 1.25 bits per heavy atom. The SMILES string of the molecule is O=C(NC1CCC1)[C@H]1CNC[C@H]2OCC[C@@H]12. The Kier molecular flexibility index (Phi) is 2.86. The van der Waals surface area contributed by atoms with Gasteiger partial charge in [0.15, 0.2) is 0 Å². The lowest BCUT2D eigenvalue weighted by Crippen LogP contribution is -2.53. The van der Waals surface area contributed by atoms with Crippen molar-refractivity contribution in [2.75, 3.05) is 19.7 Å². The number of ether oxygens (including phenoxy) is 1. The fourth-order valence-electron chi connectivity index (χ4n) is 3.02. The molecule has 0 unspecified atom stereocenters. The third-order valence-electron chi connectivity index (χ3n) is 4.28. The van der Waals surface area contributed by atoms with Crippen LogP contribution in [0.5, 0.6) is 0 Å². The molecule has 2 heterocycles. The van der Waals surface area contributed by atoms with Crippen LogP contribution < -0.4 is 10.6 Å². The van der Waals surface area contributed by atoms with Gasteiger partial charge in [-0.25, -0.2) is 0 Å². The minimum atomic E-state index is 0.127. The third kappa shape index (κ3) is 1.84. The highest BCUT2D eigenvalue weighted by molar-refractivity contribution is 5.80. The molecular formula is C12H20N2O2. The first-order valence-electron chi connectivity index (χ1n) is 6.47. The molecule has 0 aromatic carbocycles. The van der Waals surface area contributed by atoms with Crippen LogP contribution in [0.3, 0.4) is 0 Å². The van der Waals surface area contributed by atoms with Crippen LogP contribution in [0.1, 0.15) is 25.7 Å². The van der Waals surface area contributed by atoms with E-state index in [0.717, 1.165) is 39.0 Å². The zero-order chi connectivity index (χ0) is 11.0. The van der Waals surface area contributed by atoms with Crippen molar-refractivity contribution in [2.45, 2.75) is 37.8 Å². The molecule has 3 fully saturated rings. The van der Waals surface area contributed by atoms with Crippen molar-refractivity contribution in [3.05, 3.63) is 0 Å². The minimum absolute atomic E-state index is 0.127. The van der Waals surface area contributed by atoms with Crippen LogP contribution in [0.2, 0.25) is 0 Å². The molecule has 16 heavy (non-hydrogen) atoms. The van der Waals surface area contributed by atoms with Crippen molar-refractivity contribution in [1.29, 1.82) is 0 Å². The molecule has 2 saturated heterocycles. The zero-order valence-corrected chi connectivity index (χ0v) is 9.58. The molecule has 0 aromatic rings. The molecule has 2 N–H and O–H groups in total. The van der Waals surface area contributed by atoms with Crippen LogP contribution in [-0.4, -0.2) is 37.7 Å². The molecule has 3 rings (SSSR count). The van der Waals surface area contributed by atoms with Gasteiger partial charge in [-0.3, -0.25) is 4.79 Å². The van der Waals surface area contributed by atoms with Crippen molar-refractivity contribution in [3.63, 3.8) is 0 Å². The number of fused-ring (bicyclic) bond motifs is 1. The summed E-state index contributed by atoms with van der Waals surface area (Å²) < 4.78 is 5.64. The minimum Gasteiger partial charge on any atom is -0.377 e. The van der Waals surface area contributed by atoms with Crippen LogP contribution >= 0.6 is 0 Å². The average Bonchev–Trinajstić information content (AvgIpc) is 2.70. The van der Waals surface area contributed by atoms with Crippen molar-refractivity contribution in [2.24, 2.45) is 11.8 Å². The fraction of sp³-hybridized carbons (Fsp3) is 0.917. The predicted octanol–water partition coefficient (Wildman–Crippen LogP) is 0.280. The lowest BCUT2D eigenvalue weighted by Gasteiger charge is -2.35. The van der Waals surface area contributed by atoms with Gasteiger partial charge < -0.3 is 15.4 Å². The monoisotopic (exact) mass is 224 g/mol. The Morgan fingerprint density at radius 3 is 2.88 bits per heavy atom. The molecule has 3 aliphatic rings. The molecule has 4 heteroatoms. The quantitative estimate of drug-likeness (QED) is 0.708. The molecule has 0 spiro atoms. The normalized spacial score (nSPS) is 38.9. The summed E-state index contributed by atoms with van der Waals surface area (Å²) in [7, 11) is 0. The van der Waals surface area contributed by atoms with Gasteiger partial charge in [-0.2, -0.15) is 0 Å². The fourth-order valence-corrected chi connectivity index (χ4v) is 3.02. The van der Waals surface area contributed by atoms with E-state index in [-0.39, 0.29) is 17.9 Å². The van der Waals surface area contributed by atoms with E-state index in [4.69, 9.17) is 4.74 Å². The topological polar surface area (TPSA) is 50.4 Å². The van der Waals surface area contributed by atoms with E-state index in [0.29, 0.717) is 12.0 Å². The second kappa shape index (κ2) is 4.34. The number of piperidine rings is 1. The molecule has 2 aliphatic heterocycles. The van der Waals surface area contributed by atoms with E-state index < -0.39 is 0 Å². The molecule has 3 atom stereocenters.